The molecule has 19 heavy (non-hydrogen) atoms. The van der Waals surface area contributed by atoms with Crippen LogP contribution in [0.25, 0.3) is 0 Å². The number of carbonyl (C=O) groups excluding carboxylic acids is 1. The monoisotopic (exact) mass is 270 g/mol. The van der Waals surface area contributed by atoms with Crippen molar-refractivity contribution in [1.82, 2.24) is 0 Å². The maximum atomic E-state index is 10.6. The predicted molar refractivity (Wildman–Crippen MR) is 79.0 cm³/mol. The Kier molecular flexibility index (Phi) is 14.6. The van der Waals surface area contributed by atoms with Crippen LogP contribution in [-0.4, -0.2) is 24.3 Å². The average Bonchev–Trinajstić information content (AvgIpc) is 2.43. The lowest BCUT2D eigenvalue weighted by Crippen LogP contribution is -2.09. The molecule has 0 saturated carbocycles. The van der Waals surface area contributed by atoms with Crippen LogP contribution in [0, 0.1) is 0 Å². The van der Waals surface area contributed by atoms with Crippen LogP contribution < -0.4 is 0 Å². The van der Waals surface area contributed by atoms with Crippen LogP contribution >= 0.6 is 0 Å². The van der Waals surface area contributed by atoms with E-state index in [1.807, 2.05) is 0 Å². The van der Waals surface area contributed by atoms with Gasteiger partial charge in [0.15, 0.2) is 0 Å². The summed E-state index contributed by atoms with van der Waals surface area (Å²) in [5, 5.41) is 8.45. The summed E-state index contributed by atoms with van der Waals surface area (Å²) in [5.74, 6) is -0.516. The molecule has 0 heterocycles. The van der Waals surface area contributed by atoms with E-state index in [0.717, 1.165) is 12.8 Å². The Balaban J connectivity index is 3.01. The molecule has 0 fully saturated rings. The Morgan fingerprint density at radius 2 is 1.47 bits per heavy atom. The summed E-state index contributed by atoms with van der Waals surface area (Å²) in [6, 6.07) is 0. The van der Waals surface area contributed by atoms with Gasteiger partial charge in [-0.15, -0.1) is 0 Å². The molecule has 0 rings (SSSR count). The topological polar surface area (TPSA) is 46.5 Å². The fourth-order valence-electron chi connectivity index (χ4n) is 2.00. The normalized spacial score (nSPS) is 11.1. The van der Waals surface area contributed by atoms with Crippen molar-refractivity contribution in [3.05, 3.63) is 12.2 Å². The van der Waals surface area contributed by atoms with Gasteiger partial charge in [-0.05, 0) is 26.2 Å². The first-order valence-electron chi connectivity index (χ1n) is 7.69. The van der Waals surface area contributed by atoms with Gasteiger partial charge >= 0.3 is 5.97 Å². The Morgan fingerprint density at radius 1 is 0.947 bits per heavy atom. The molecule has 0 aromatic carbocycles. The molecule has 0 atom stereocenters. The molecule has 0 aromatic rings. The quantitative estimate of drug-likeness (QED) is 0.312. The van der Waals surface area contributed by atoms with Crippen molar-refractivity contribution in [1.29, 1.82) is 0 Å². The minimum absolute atomic E-state index is 0.449. The molecule has 3 heteroatoms. The molecular weight excluding hydrogens is 240 g/mol. The highest BCUT2D eigenvalue weighted by atomic mass is 16.5. The van der Waals surface area contributed by atoms with Crippen molar-refractivity contribution < 1.29 is 14.6 Å². The predicted octanol–water partition coefficient (Wildman–Crippen LogP) is 4.00. The van der Waals surface area contributed by atoms with Crippen molar-refractivity contribution in [3.63, 3.8) is 0 Å². The number of esters is 1. The van der Waals surface area contributed by atoms with Gasteiger partial charge in [0.05, 0.1) is 6.61 Å². The van der Waals surface area contributed by atoms with Crippen LogP contribution in [0.1, 0.15) is 71.1 Å². The highest BCUT2D eigenvalue weighted by Gasteiger charge is 1.98. The van der Waals surface area contributed by atoms with E-state index in [2.05, 4.69) is 19.1 Å². The average molecular weight is 270 g/mol. The maximum absolute atomic E-state index is 10.6. The fraction of sp³-hybridized carbons (Fsp3) is 0.812. The number of hydrogen-bond donors (Lipinski definition) is 1. The number of carbonyl (C=O) groups is 1. The van der Waals surface area contributed by atoms with Crippen molar-refractivity contribution in [2.75, 3.05) is 13.2 Å². The van der Waals surface area contributed by atoms with Gasteiger partial charge in [-0.1, -0.05) is 57.1 Å². The third-order valence-corrected chi connectivity index (χ3v) is 3.14. The smallest absolute Gasteiger partial charge is 0.331 e. The van der Waals surface area contributed by atoms with E-state index < -0.39 is 12.6 Å². The van der Waals surface area contributed by atoms with Gasteiger partial charge in [0.1, 0.15) is 6.61 Å². The summed E-state index contributed by atoms with van der Waals surface area (Å²) in [6.45, 7) is 2.02. The standard InChI is InChI=1S/C16H30O3/c1-2-3-4-5-6-7-8-9-10-11-12-13-14-19-16(18)15-17/h2-3,17H,4-15H2,1H3. The molecule has 0 saturated heterocycles. The van der Waals surface area contributed by atoms with E-state index in [0.29, 0.717) is 6.61 Å². The SMILES string of the molecule is CC=CCCCCCCCCCCCOC(=O)CO. The molecule has 0 bridgehead atoms. The first-order valence-corrected chi connectivity index (χ1v) is 7.69. The minimum Gasteiger partial charge on any atom is -0.464 e. The van der Waals surface area contributed by atoms with Crippen LogP contribution in [0.4, 0.5) is 0 Å². The van der Waals surface area contributed by atoms with Crippen LogP contribution in [0.15, 0.2) is 12.2 Å². The lowest BCUT2D eigenvalue weighted by atomic mass is 10.1. The van der Waals surface area contributed by atoms with Crippen molar-refractivity contribution in [3.8, 4) is 0 Å². The van der Waals surface area contributed by atoms with Gasteiger partial charge in [-0.3, -0.25) is 0 Å². The molecule has 0 spiro atoms. The van der Waals surface area contributed by atoms with Gasteiger partial charge in [0.25, 0.3) is 0 Å². The second-order valence-corrected chi connectivity index (χ2v) is 4.92. The van der Waals surface area contributed by atoms with Crippen molar-refractivity contribution in [2.24, 2.45) is 0 Å². The first kappa shape index (κ1) is 18.2. The molecule has 0 aliphatic rings. The Hall–Kier alpha value is -0.830. The van der Waals surface area contributed by atoms with Crippen molar-refractivity contribution >= 4 is 5.97 Å². The molecule has 0 amide bonds. The molecule has 0 aliphatic carbocycles. The molecule has 1 N–H and O–H groups in total. The summed E-state index contributed by atoms with van der Waals surface area (Å²) in [6.07, 6.45) is 16.8. The van der Waals surface area contributed by atoms with Crippen LogP contribution in [0.2, 0.25) is 0 Å². The third-order valence-electron chi connectivity index (χ3n) is 3.14. The number of aliphatic hydroxyl groups excluding tert-OH is 1. The highest BCUT2D eigenvalue weighted by Crippen LogP contribution is 2.10. The molecular formula is C16H30O3. The van der Waals surface area contributed by atoms with Gasteiger partial charge in [-0.25, -0.2) is 4.79 Å². The van der Waals surface area contributed by atoms with Crippen LogP contribution in [0.3, 0.4) is 0 Å². The second-order valence-electron chi connectivity index (χ2n) is 4.92. The van der Waals surface area contributed by atoms with Gasteiger partial charge in [0.2, 0.25) is 0 Å². The van der Waals surface area contributed by atoms with E-state index in [4.69, 9.17) is 9.84 Å². The number of ether oxygens (including phenoxy) is 1. The lowest BCUT2D eigenvalue weighted by molar-refractivity contribution is -0.147. The molecule has 0 aliphatic heterocycles. The van der Waals surface area contributed by atoms with Gasteiger partial charge in [0, 0.05) is 0 Å². The van der Waals surface area contributed by atoms with E-state index in [-0.39, 0.29) is 0 Å². The molecule has 3 nitrogen and oxygen atoms in total. The number of aliphatic hydroxyl groups is 1. The summed E-state index contributed by atoms with van der Waals surface area (Å²) in [5.41, 5.74) is 0. The molecule has 0 aromatic heterocycles. The zero-order chi connectivity index (χ0) is 14.2. The summed E-state index contributed by atoms with van der Waals surface area (Å²) in [7, 11) is 0. The maximum Gasteiger partial charge on any atom is 0.331 e. The molecule has 112 valence electrons. The lowest BCUT2D eigenvalue weighted by Gasteiger charge is -2.03. The summed E-state index contributed by atoms with van der Waals surface area (Å²) in [4.78, 5) is 10.6. The van der Waals surface area contributed by atoms with Crippen LogP contribution in [0.5, 0.6) is 0 Å². The Morgan fingerprint density at radius 3 is 2.00 bits per heavy atom. The first-order chi connectivity index (χ1) is 9.31. The number of allylic oxidation sites excluding steroid dienone is 2. The van der Waals surface area contributed by atoms with E-state index in [1.165, 1.54) is 51.4 Å². The van der Waals surface area contributed by atoms with Gasteiger partial charge in [-0.2, -0.15) is 0 Å². The van der Waals surface area contributed by atoms with Crippen LogP contribution in [-0.2, 0) is 9.53 Å². The minimum atomic E-state index is -0.516. The second kappa shape index (κ2) is 15.2. The third kappa shape index (κ3) is 15.1. The van der Waals surface area contributed by atoms with Gasteiger partial charge < -0.3 is 9.84 Å². The Labute approximate surface area is 118 Å². The van der Waals surface area contributed by atoms with E-state index in [9.17, 15) is 4.79 Å². The van der Waals surface area contributed by atoms with E-state index in [1.54, 1.807) is 0 Å². The summed E-state index contributed by atoms with van der Waals surface area (Å²) < 4.78 is 4.79. The number of hydrogen-bond acceptors (Lipinski definition) is 3. The number of rotatable bonds is 13. The summed E-state index contributed by atoms with van der Waals surface area (Å²) >= 11 is 0. The number of unbranched alkanes of at least 4 members (excludes halogenated alkanes) is 9. The molecule has 0 unspecified atom stereocenters. The molecule has 0 radical (unpaired) electrons. The highest BCUT2D eigenvalue weighted by molar-refractivity contribution is 5.70. The zero-order valence-corrected chi connectivity index (χ0v) is 12.4. The fourth-order valence-corrected chi connectivity index (χ4v) is 2.00. The largest absolute Gasteiger partial charge is 0.464 e. The van der Waals surface area contributed by atoms with E-state index >= 15 is 0 Å². The zero-order valence-electron chi connectivity index (χ0n) is 12.4. The van der Waals surface area contributed by atoms with Crippen molar-refractivity contribution in [2.45, 2.75) is 71.1 Å². The Bertz CT molecular complexity index is 224.